The largest absolute Gasteiger partial charge is 0.348 e. The van der Waals surface area contributed by atoms with E-state index in [1.54, 1.807) is 41.8 Å². The lowest BCUT2D eigenvalue weighted by Gasteiger charge is -2.06. The molecule has 110 valence electrons. The van der Waals surface area contributed by atoms with E-state index in [0.29, 0.717) is 17.1 Å². The van der Waals surface area contributed by atoms with E-state index in [2.05, 4.69) is 10.3 Å². The predicted molar refractivity (Wildman–Crippen MR) is 90.2 cm³/mol. The Hall–Kier alpha value is -2.17. The summed E-state index contributed by atoms with van der Waals surface area (Å²) in [4.78, 5) is 16.3. The van der Waals surface area contributed by atoms with Gasteiger partial charge in [-0.3, -0.25) is 4.79 Å². The lowest BCUT2D eigenvalue weighted by atomic mass is 10.1. The number of hydrogen-bond acceptors (Lipinski definition) is 3. The molecular formula is C17H13ClN2OS. The Morgan fingerprint density at radius 2 is 2.00 bits per heavy atom. The Morgan fingerprint density at radius 3 is 2.68 bits per heavy atom. The first-order chi connectivity index (χ1) is 10.7. The highest BCUT2D eigenvalue weighted by Crippen LogP contribution is 2.21. The molecule has 1 N–H and O–H groups in total. The monoisotopic (exact) mass is 328 g/mol. The molecule has 22 heavy (non-hydrogen) atoms. The van der Waals surface area contributed by atoms with Crippen molar-refractivity contribution in [3.05, 3.63) is 76.3 Å². The molecule has 0 saturated heterocycles. The molecular weight excluding hydrogens is 316 g/mol. The van der Waals surface area contributed by atoms with Crippen LogP contribution >= 0.6 is 22.9 Å². The number of carbonyl (C=O) groups excluding carboxylic acids is 1. The molecule has 0 fully saturated rings. The van der Waals surface area contributed by atoms with Crippen LogP contribution in [0.1, 0.15) is 15.9 Å². The molecule has 0 bridgehead atoms. The minimum absolute atomic E-state index is 0.133. The molecule has 3 aromatic rings. The Labute approximate surface area is 137 Å². The topological polar surface area (TPSA) is 42.0 Å². The van der Waals surface area contributed by atoms with Crippen LogP contribution < -0.4 is 5.32 Å². The Morgan fingerprint density at radius 1 is 1.18 bits per heavy atom. The Bertz CT molecular complexity index is 770. The zero-order chi connectivity index (χ0) is 15.4. The van der Waals surface area contributed by atoms with Gasteiger partial charge in [0.05, 0.1) is 0 Å². The average molecular weight is 329 g/mol. The molecule has 0 unspecified atom stereocenters. The molecule has 2 aromatic carbocycles. The summed E-state index contributed by atoms with van der Waals surface area (Å²) in [6.45, 7) is 0.476. The van der Waals surface area contributed by atoms with Gasteiger partial charge in [0.2, 0.25) is 0 Å². The van der Waals surface area contributed by atoms with E-state index < -0.39 is 0 Å². The van der Waals surface area contributed by atoms with Crippen LogP contribution in [0, 0.1) is 0 Å². The van der Waals surface area contributed by atoms with Gasteiger partial charge in [-0.1, -0.05) is 41.9 Å². The second kappa shape index (κ2) is 6.73. The van der Waals surface area contributed by atoms with E-state index in [1.807, 2.05) is 29.6 Å². The summed E-state index contributed by atoms with van der Waals surface area (Å²) < 4.78 is 0. The van der Waals surface area contributed by atoms with Gasteiger partial charge in [0.1, 0.15) is 5.01 Å². The van der Waals surface area contributed by atoms with Crippen LogP contribution in [0.2, 0.25) is 5.02 Å². The number of rotatable bonds is 4. The van der Waals surface area contributed by atoms with Gasteiger partial charge in [-0.15, -0.1) is 11.3 Å². The summed E-state index contributed by atoms with van der Waals surface area (Å²) >= 11 is 7.49. The number of benzene rings is 2. The molecule has 5 heteroatoms. The van der Waals surface area contributed by atoms with Crippen LogP contribution in [-0.2, 0) is 6.54 Å². The molecule has 0 radical (unpaired) electrons. The molecule has 0 atom stereocenters. The second-order valence-electron chi connectivity index (χ2n) is 4.73. The summed E-state index contributed by atoms with van der Waals surface area (Å²) in [5.74, 6) is -0.133. The van der Waals surface area contributed by atoms with Crippen molar-refractivity contribution >= 4 is 28.8 Å². The van der Waals surface area contributed by atoms with E-state index in [9.17, 15) is 4.79 Å². The van der Waals surface area contributed by atoms with Crippen molar-refractivity contribution in [3.63, 3.8) is 0 Å². The predicted octanol–water partition coefficient (Wildman–Crippen LogP) is 4.39. The minimum atomic E-state index is -0.133. The molecule has 3 nitrogen and oxygen atoms in total. The first-order valence-electron chi connectivity index (χ1n) is 6.75. The third-order valence-electron chi connectivity index (χ3n) is 3.17. The highest BCUT2D eigenvalue weighted by molar-refractivity contribution is 7.13. The van der Waals surface area contributed by atoms with E-state index in [-0.39, 0.29) is 5.91 Å². The molecule has 0 aliphatic heterocycles. The number of hydrogen-bond donors (Lipinski definition) is 1. The van der Waals surface area contributed by atoms with Crippen molar-refractivity contribution in [2.24, 2.45) is 0 Å². The van der Waals surface area contributed by atoms with E-state index in [1.165, 1.54) is 0 Å². The van der Waals surface area contributed by atoms with E-state index >= 15 is 0 Å². The number of amides is 1. The number of nitrogens with zero attached hydrogens (tertiary/aromatic N) is 1. The maximum atomic E-state index is 12.0. The first kappa shape index (κ1) is 14.8. The van der Waals surface area contributed by atoms with Gasteiger partial charge < -0.3 is 5.32 Å². The van der Waals surface area contributed by atoms with Crippen molar-refractivity contribution in [1.82, 2.24) is 10.3 Å². The highest BCUT2D eigenvalue weighted by atomic mass is 35.5. The second-order valence-corrected chi connectivity index (χ2v) is 6.06. The number of carbonyl (C=O) groups is 1. The van der Waals surface area contributed by atoms with Gasteiger partial charge in [0, 0.05) is 34.3 Å². The molecule has 0 aliphatic rings. The van der Waals surface area contributed by atoms with Crippen LogP contribution in [0.3, 0.4) is 0 Å². The fourth-order valence-electron chi connectivity index (χ4n) is 2.05. The first-order valence-corrected chi connectivity index (χ1v) is 8.01. The number of halogens is 1. The van der Waals surface area contributed by atoms with Crippen molar-refractivity contribution in [3.8, 4) is 10.6 Å². The third kappa shape index (κ3) is 3.53. The quantitative estimate of drug-likeness (QED) is 0.771. The van der Waals surface area contributed by atoms with Crippen molar-refractivity contribution in [1.29, 1.82) is 0 Å². The molecule has 3 rings (SSSR count). The molecule has 1 aromatic heterocycles. The maximum Gasteiger partial charge on any atom is 0.251 e. The summed E-state index contributed by atoms with van der Waals surface area (Å²) in [5.41, 5.74) is 2.68. The van der Waals surface area contributed by atoms with Gasteiger partial charge in [0.15, 0.2) is 0 Å². The number of nitrogens with one attached hydrogen (secondary N) is 1. The lowest BCUT2D eigenvalue weighted by Crippen LogP contribution is -2.22. The lowest BCUT2D eigenvalue weighted by molar-refractivity contribution is 0.0951. The summed E-state index contributed by atoms with van der Waals surface area (Å²) in [6, 6.07) is 14.9. The van der Waals surface area contributed by atoms with Gasteiger partial charge in [-0.2, -0.15) is 0 Å². The van der Waals surface area contributed by atoms with Gasteiger partial charge in [-0.05, 0) is 23.8 Å². The molecule has 0 saturated carbocycles. The fraction of sp³-hybridized carbons (Fsp3) is 0.0588. The zero-order valence-electron chi connectivity index (χ0n) is 11.6. The van der Waals surface area contributed by atoms with Crippen molar-refractivity contribution < 1.29 is 4.79 Å². The zero-order valence-corrected chi connectivity index (χ0v) is 13.2. The van der Waals surface area contributed by atoms with Crippen LogP contribution in [0.4, 0.5) is 0 Å². The maximum absolute atomic E-state index is 12.0. The highest BCUT2D eigenvalue weighted by Gasteiger charge is 2.06. The van der Waals surface area contributed by atoms with E-state index in [0.717, 1.165) is 16.1 Å². The minimum Gasteiger partial charge on any atom is -0.348 e. The third-order valence-corrected chi connectivity index (χ3v) is 4.23. The Balaban J connectivity index is 1.63. The SMILES string of the molecule is O=C(NCc1ccc(-c2nccs2)cc1)c1cccc(Cl)c1. The van der Waals surface area contributed by atoms with E-state index in [4.69, 9.17) is 11.6 Å². The summed E-state index contributed by atoms with van der Waals surface area (Å²) in [6.07, 6.45) is 1.79. The fourth-order valence-corrected chi connectivity index (χ4v) is 2.88. The van der Waals surface area contributed by atoms with Gasteiger partial charge in [0.25, 0.3) is 5.91 Å². The summed E-state index contributed by atoms with van der Waals surface area (Å²) in [7, 11) is 0. The van der Waals surface area contributed by atoms with Crippen LogP contribution in [0.25, 0.3) is 10.6 Å². The summed E-state index contributed by atoms with van der Waals surface area (Å²) in [5, 5.41) is 6.39. The van der Waals surface area contributed by atoms with Crippen LogP contribution in [0.5, 0.6) is 0 Å². The number of thiazole rings is 1. The normalized spacial score (nSPS) is 10.4. The van der Waals surface area contributed by atoms with Gasteiger partial charge >= 0.3 is 0 Å². The smallest absolute Gasteiger partial charge is 0.251 e. The van der Waals surface area contributed by atoms with Crippen LogP contribution in [-0.4, -0.2) is 10.9 Å². The number of aromatic nitrogens is 1. The van der Waals surface area contributed by atoms with Crippen molar-refractivity contribution in [2.45, 2.75) is 6.54 Å². The molecule has 1 amide bonds. The standard InChI is InChI=1S/C17H13ClN2OS/c18-15-3-1-2-14(10-15)16(21)20-11-12-4-6-13(7-5-12)17-19-8-9-22-17/h1-10H,11H2,(H,20,21). The molecule has 0 aliphatic carbocycles. The van der Waals surface area contributed by atoms with Crippen LogP contribution in [0.15, 0.2) is 60.1 Å². The van der Waals surface area contributed by atoms with Gasteiger partial charge in [-0.25, -0.2) is 4.98 Å². The molecule has 1 heterocycles. The molecule has 0 spiro atoms. The Kier molecular flexibility index (Phi) is 4.51. The average Bonchev–Trinajstić information content (AvgIpc) is 3.07. The van der Waals surface area contributed by atoms with Crippen molar-refractivity contribution in [2.75, 3.05) is 0 Å².